The maximum atomic E-state index is 14.6. The van der Waals surface area contributed by atoms with E-state index in [1.54, 1.807) is 6.07 Å². The SMILES string of the molecule is CC=CCOc1cc2ccc(C3CCC4CC(CCCCCCC)CCC4C3)cc2cc1F. The monoisotopic (exact) mass is 450 g/mol. The average Bonchev–Trinajstić information content (AvgIpc) is 2.83. The summed E-state index contributed by atoms with van der Waals surface area (Å²) in [7, 11) is 0. The molecule has 0 N–H and O–H groups in total. The highest BCUT2D eigenvalue weighted by Crippen LogP contribution is 2.48. The summed E-state index contributed by atoms with van der Waals surface area (Å²) in [4.78, 5) is 0. The van der Waals surface area contributed by atoms with Crippen LogP contribution in [0.15, 0.2) is 42.5 Å². The van der Waals surface area contributed by atoms with Gasteiger partial charge in [0.1, 0.15) is 6.61 Å². The lowest BCUT2D eigenvalue weighted by Gasteiger charge is -2.42. The zero-order valence-corrected chi connectivity index (χ0v) is 20.8. The van der Waals surface area contributed by atoms with Crippen LogP contribution in [0.25, 0.3) is 10.8 Å². The number of allylic oxidation sites excluding steroid dienone is 1. The first-order valence-electron chi connectivity index (χ1n) is 13.6. The van der Waals surface area contributed by atoms with Gasteiger partial charge in [0.25, 0.3) is 0 Å². The molecule has 2 heteroatoms. The Morgan fingerprint density at radius 1 is 0.909 bits per heavy atom. The minimum absolute atomic E-state index is 0.263. The number of hydrogen-bond acceptors (Lipinski definition) is 1. The van der Waals surface area contributed by atoms with Crippen molar-refractivity contribution in [3.05, 3.63) is 53.9 Å². The van der Waals surface area contributed by atoms with Crippen molar-refractivity contribution in [1.82, 2.24) is 0 Å². The third kappa shape index (κ3) is 6.40. The summed E-state index contributed by atoms with van der Waals surface area (Å²) in [5.41, 5.74) is 1.40. The number of ether oxygens (including phenoxy) is 1. The molecule has 4 atom stereocenters. The molecule has 2 aromatic carbocycles. The van der Waals surface area contributed by atoms with Gasteiger partial charge in [0.15, 0.2) is 11.6 Å². The first-order valence-corrected chi connectivity index (χ1v) is 13.6. The van der Waals surface area contributed by atoms with Crippen LogP contribution >= 0.6 is 0 Å². The molecule has 0 spiro atoms. The van der Waals surface area contributed by atoms with Crippen LogP contribution in [0.3, 0.4) is 0 Å². The van der Waals surface area contributed by atoms with Crippen LogP contribution in [0, 0.1) is 23.6 Å². The second-order valence-corrected chi connectivity index (χ2v) is 10.7. The molecule has 2 saturated carbocycles. The van der Waals surface area contributed by atoms with Gasteiger partial charge >= 0.3 is 0 Å². The van der Waals surface area contributed by atoms with E-state index in [0.29, 0.717) is 18.3 Å². The minimum Gasteiger partial charge on any atom is -0.486 e. The first-order chi connectivity index (χ1) is 16.2. The molecule has 180 valence electrons. The number of hydrogen-bond donors (Lipinski definition) is 0. The molecule has 0 aromatic heterocycles. The van der Waals surface area contributed by atoms with Crippen molar-refractivity contribution in [3.63, 3.8) is 0 Å². The predicted molar refractivity (Wildman–Crippen MR) is 139 cm³/mol. The van der Waals surface area contributed by atoms with E-state index in [9.17, 15) is 4.39 Å². The number of fused-ring (bicyclic) bond motifs is 2. The molecule has 0 heterocycles. The fourth-order valence-corrected chi connectivity index (χ4v) is 6.45. The Morgan fingerprint density at radius 3 is 2.58 bits per heavy atom. The van der Waals surface area contributed by atoms with Crippen molar-refractivity contribution in [2.24, 2.45) is 17.8 Å². The number of halogens is 1. The van der Waals surface area contributed by atoms with Crippen molar-refractivity contribution in [1.29, 1.82) is 0 Å². The highest BCUT2D eigenvalue weighted by atomic mass is 19.1. The molecule has 0 bridgehead atoms. The zero-order chi connectivity index (χ0) is 23.0. The lowest BCUT2D eigenvalue weighted by Crippen LogP contribution is -2.30. The molecular formula is C31H43FO. The van der Waals surface area contributed by atoms with E-state index >= 15 is 0 Å². The van der Waals surface area contributed by atoms with E-state index in [1.807, 2.05) is 25.1 Å². The van der Waals surface area contributed by atoms with Crippen LogP contribution in [0.5, 0.6) is 5.75 Å². The van der Waals surface area contributed by atoms with Gasteiger partial charge in [-0.1, -0.05) is 82.2 Å². The Bertz CT molecular complexity index is 917. The highest BCUT2D eigenvalue weighted by molar-refractivity contribution is 5.85. The van der Waals surface area contributed by atoms with E-state index in [-0.39, 0.29) is 5.82 Å². The Labute approximate surface area is 200 Å². The largest absolute Gasteiger partial charge is 0.486 e. The van der Waals surface area contributed by atoms with E-state index in [0.717, 1.165) is 28.5 Å². The molecule has 0 aliphatic heterocycles. The number of rotatable bonds is 10. The van der Waals surface area contributed by atoms with E-state index < -0.39 is 0 Å². The number of unbranched alkanes of at least 4 members (excludes halogenated alkanes) is 4. The highest BCUT2D eigenvalue weighted by Gasteiger charge is 2.35. The number of benzene rings is 2. The van der Waals surface area contributed by atoms with Gasteiger partial charge in [0.2, 0.25) is 0 Å². The van der Waals surface area contributed by atoms with Gasteiger partial charge in [-0.15, -0.1) is 0 Å². The fraction of sp³-hybridized carbons (Fsp3) is 0.613. The maximum Gasteiger partial charge on any atom is 0.165 e. The normalized spacial score (nSPS) is 25.4. The lowest BCUT2D eigenvalue weighted by atomic mass is 9.63. The molecular weight excluding hydrogens is 407 g/mol. The molecule has 4 unspecified atom stereocenters. The van der Waals surface area contributed by atoms with Crippen molar-refractivity contribution in [3.8, 4) is 5.75 Å². The van der Waals surface area contributed by atoms with Crippen molar-refractivity contribution >= 4 is 10.8 Å². The van der Waals surface area contributed by atoms with Crippen LogP contribution in [-0.2, 0) is 0 Å². The molecule has 2 aliphatic carbocycles. The Hall–Kier alpha value is -1.83. The summed E-state index contributed by atoms with van der Waals surface area (Å²) in [5.74, 6) is 3.55. The topological polar surface area (TPSA) is 9.23 Å². The first kappa shape index (κ1) is 24.3. The molecule has 0 saturated heterocycles. The van der Waals surface area contributed by atoms with Gasteiger partial charge in [-0.2, -0.15) is 0 Å². The van der Waals surface area contributed by atoms with E-state index in [1.165, 1.54) is 82.6 Å². The summed E-state index contributed by atoms with van der Waals surface area (Å²) in [6, 6.07) is 10.2. The van der Waals surface area contributed by atoms with Crippen LogP contribution in [0.2, 0.25) is 0 Å². The van der Waals surface area contributed by atoms with E-state index in [2.05, 4.69) is 25.1 Å². The van der Waals surface area contributed by atoms with Gasteiger partial charge < -0.3 is 4.74 Å². The summed E-state index contributed by atoms with van der Waals surface area (Å²) in [5, 5.41) is 2.06. The third-order valence-electron chi connectivity index (χ3n) is 8.39. The molecule has 1 nitrogen and oxygen atoms in total. The summed E-state index contributed by atoms with van der Waals surface area (Å²) >= 11 is 0. The van der Waals surface area contributed by atoms with Crippen LogP contribution < -0.4 is 4.74 Å². The van der Waals surface area contributed by atoms with Gasteiger partial charge in [-0.25, -0.2) is 4.39 Å². The van der Waals surface area contributed by atoms with Gasteiger partial charge in [0, 0.05) is 0 Å². The van der Waals surface area contributed by atoms with Crippen molar-refractivity contribution in [2.75, 3.05) is 6.61 Å². The summed E-state index contributed by atoms with van der Waals surface area (Å²) in [6.45, 7) is 4.64. The molecule has 2 aliphatic rings. The third-order valence-corrected chi connectivity index (χ3v) is 8.39. The molecule has 4 rings (SSSR count). The molecule has 0 radical (unpaired) electrons. The maximum absolute atomic E-state index is 14.6. The lowest BCUT2D eigenvalue weighted by molar-refractivity contribution is 0.113. The summed E-state index contributed by atoms with van der Waals surface area (Å²) < 4.78 is 20.2. The standard InChI is InChI=1S/C31H43FO/c1-3-5-7-8-9-10-23-11-12-25-19-26(14-13-24(25)18-23)27-15-16-28-22-31(33-17-6-4-2)30(32)21-29(28)20-27/h4,6,15-16,20-26H,3,5,7-14,17-19H2,1-2H3. The summed E-state index contributed by atoms with van der Waals surface area (Å²) in [6.07, 6.45) is 20.7. The fourth-order valence-electron chi connectivity index (χ4n) is 6.45. The average molecular weight is 451 g/mol. The van der Waals surface area contributed by atoms with Crippen LogP contribution in [0.4, 0.5) is 4.39 Å². The van der Waals surface area contributed by atoms with E-state index in [4.69, 9.17) is 4.74 Å². The zero-order valence-electron chi connectivity index (χ0n) is 20.8. The molecule has 2 fully saturated rings. The van der Waals surface area contributed by atoms with Gasteiger partial charge in [0.05, 0.1) is 0 Å². The second-order valence-electron chi connectivity index (χ2n) is 10.7. The van der Waals surface area contributed by atoms with Gasteiger partial charge in [-0.3, -0.25) is 0 Å². The van der Waals surface area contributed by atoms with Crippen LogP contribution in [-0.4, -0.2) is 6.61 Å². The smallest absolute Gasteiger partial charge is 0.165 e. The predicted octanol–water partition coefficient (Wildman–Crippen LogP) is 9.59. The molecule has 0 amide bonds. The Balaban J connectivity index is 1.33. The molecule has 33 heavy (non-hydrogen) atoms. The minimum atomic E-state index is -0.263. The van der Waals surface area contributed by atoms with Crippen molar-refractivity contribution in [2.45, 2.75) is 96.8 Å². The Kier molecular flexibility index (Phi) is 8.87. The van der Waals surface area contributed by atoms with Crippen LogP contribution in [0.1, 0.15) is 102 Å². The van der Waals surface area contributed by atoms with Gasteiger partial charge in [-0.05, 0) is 91.2 Å². The quantitative estimate of drug-likeness (QED) is 0.258. The second kappa shape index (κ2) is 12.0. The Morgan fingerprint density at radius 2 is 1.73 bits per heavy atom. The van der Waals surface area contributed by atoms with Crippen molar-refractivity contribution < 1.29 is 9.13 Å². The molecule has 2 aromatic rings.